The molecule has 1 aliphatic heterocycles. The minimum Gasteiger partial charge on any atom is -0.521 e. The topological polar surface area (TPSA) is 38.7 Å². The first-order valence-corrected chi connectivity index (χ1v) is 11.7. The molecular weight excluding hydrogens is 445 g/mol. The van der Waals surface area contributed by atoms with E-state index >= 15 is 0 Å². The predicted octanol–water partition coefficient (Wildman–Crippen LogP) is 5.89. The molecule has 0 bridgehead atoms. The lowest BCUT2D eigenvalue weighted by molar-refractivity contribution is 0.420. The van der Waals surface area contributed by atoms with Gasteiger partial charge in [-0.25, -0.2) is 8.78 Å². The maximum Gasteiger partial charge on any atom is 0.635 e. The summed E-state index contributed by atoms with van der Waals surface area (Å²) < 4.78 is 41.6. The fourth-order valence-corrected chi connectivity index (χ4v) is 4.63. The van der Waals surface area contributed by atoms with Gasteiger partial charge < -0.3 is 14.4 Å². The lowest BCUT2D eigenvalue weighted by Gasteiger charge is -2.27. The number of phenols is 1. The van der Waals surface area contributed by atoms with Crippen molar-refractivity contribution in [3.8, 4) is 17.2 Å². The van der Waals surface area contributed by atoms with Crippen molar-refractivity contribution in [2.24, 2.45) is 0 Å². The Morgan fingerprint density at radius 2 is 1.49 bits per heavy atom. The summed E-state index contributed by atoms with van der Waals surface area (Å²) in [6.45, 7) is 3.91. The van der Waals surface area contributed by atoms with Crippen molar-refractivity contribution in [1.29, 1.82) is 0 Å². The molecule has 6 heteroatoms. The maximum atomic E-state index is 14.9. The lowest BCUT2D eigenvalue weighted by atomic mass is 9.76. The quantitative estimate of drug-likeness (QED) is 0.378. The highest BCUT2D eigenvalue weighted by Gasteiger charge is 2.35. The van der Waals surface area contributed by atoms with Gasteiger partial charge in [-0.05, 0) is 64.9 Å². The molecule has 0 amide bonds. The van der Waals surface area contributed by atoms with Gasteiger partial charge in [-0.2, -0.15) is 0 Å². The molecule has 0 fully saturated rings. The Hall–Kier alpha value is -3.80. The van der Waals surface area contributed by atoms with Gasteiger partial charge in [-0.3, -0.25) is 0 Å². The van der Waals surface area contributed by atoms with Crippen molar-refractivity contribution in [3.63, 3.8) is 0 Å². The number of halogens is 2. The maximum absolute atomic E-state index is 14.9. The molecule has 3 nitrogen and oxygen atoms in total. The van der Waals surface area contributed by atoms with Gasteiger partial charge in [0.05, 0.1) is 5.46 Å². The van der Waals surface area contributed by atoms with Crippen LogP contribution in [0.25, 0.3) is 0 Å². The van der Waals surface area contributed by atoms with Crippen LogP contribution in [-0.4, -0.2) is 12.2 Å². The number of hydrogen-bond donors (Lipinski definition) is 1. The van der Waals surface area contributed by atoms with Gasteiger partial charge in [-0.15, -0.1) is 0 Å². The van der Waals surface area contributed by atoms with Gasteiger partial charge in [0.1, 0.15) is 28.9 Å². The molecule has 1 aliphatic rings. The molecule has 0 saturated heterocycles. The zero-order chi connectivity index (χ0) is 24.5. The number of fused-ring (bicyclic) bond motifs is 2. The summed E-state index contributed by atoms with van der Waals surface area (Å²) in [6.07, 6.45) is 1.69. The number of para-hydroxylation sites is 3. The van der Waals surface area contributed by atoms with Gasteiger partial charge >= 0.3 is 7.12 Å². The Morgan fingerprint density at radius 3 is 2.29 bits per heavy atom. The van der Waals surface area contributed by atoms with E-state index in [1.54, 1.807) is 0 Å². The second-order valence-electron chi connectivity index (χ2n) is 8.83. The van der Waals surface area contributed by atoms with E-state index in [-0.39, 0.29) is 11.2 Å². The van der Waals surface area contributed by atoms with Crippen LogP contribution >= 0.6 is 0 Å². The molecule has 0 atom stereocenters. The van der Waals surface area contributed by atoms with Crippen molar-refractivity contribution >= 4 is 12.6 Å². The SMILES string of the molecule is CCc1cccc(Cc2cccc3c2OB(c2cc(F)ccc2F)Oc2c(C)cccc2C3)c1O. The average Bonchev–Trinajstić information content (AvgIpc) is 2.83. The number of phenolic OH excluding ortho intramolecular Hbond substituents is 1. The zero-order valence-corrected chi connectivity index (χ0v) is 19.6. The Labute approximate surface area is 204 Å². The molecule has 5 rings (SSSR count). The molecule has 0 saturated carbocycles. The monoisotopic (exact) mass is 470 g/mol. The standard InChI is InChI=1S/C29H25BF2O3/c1-3-19-8-5-9-20(27(19)33)15-22-11-6-12-23-16-21-10-4-7-18(2)28(21)34-30(35-29(22)23)25-17-24(31)13-14-26(25)32/h4-14,17,33H,3,15-16H2,1-2H3. The summed E-state index contributed by atoms with van der Waals surface area (Å²) >= 11 is 0. The first-order valence-electron chi connectivity index (χ1n) is 11.7. The zero-order valence-electron chi connectivity index (χ0n) is 19.6. The Balaban J connectivity index is 1.65. The number of rotatable bonds is 4. The van der Waals surface area contributed by atoms with Crippen LogP contribution < -0.4 is 14.8 Å². The van der Waals surface area contributed by atoms with E-state index in [1.807, 2.05) is 68.4 Å². The normalized spacial score (nSPS) is 12.6. The van der Waals surface area contributed by atoms with E-state index in [1.165, 1.54) is 0 Å². The summed E-state index contributed by atoms with van der Waals surface area (Å²) in [5.74, 6) is 0.235. The molecular formula is C29H25BF2O3. The van der Waals surface area contributed by atoms with Crippen molar-refractivity contribution in [2.75, 3.05) is 0 Å². The summed E-state index contributed by atoms with van der Waals surface area (Å²) in [5.41, 5.74) is 5.18. The van der Waals surface area contributed by atoms with Crippen LogP contribution in [0.15, 0.2) is 72.8 Å². The third-order valence-corrected chi connectivity index (χ3v) is 6.48. The minimum atomic E-state index is -1.19. The van der Waals surface area contributed by atoms with Crippen LogP contribution in [0.1, 0.15) is 40.3 Å². The fourth-order valence-electron chi connectivity index (χ4n) is 4.63. The van der Waals surface area contributed by atoms with Crippen molar-refractivity contribution in [2.45, 2.75) is 33.1 Å². The average molecular weight is 470 g/mol. The van der Waals surface area contributed by atoms with Gasteiger partial charge in [0, 0.05) is 12.8 Å². The first-order chi connectivity index (χ1) is 16.9. The third-order valence-electron chi connectivity index (χ3n) is 6.48. The minimum absolute atomic E-state index is 0.0160. The van der Waals surface area contributed by atoms with E-state index in [4.69, 9.17) is 9.31 Å². The van der Waals surface area contributed by atoms with E-state index in [0.29, 0.717) is 30.8 Å². The Morgan fingerprint density at radius 1 is 0.829 bits per heavy atom. The largest absolute Gasteiger partial charge is 0.635 e. The van der Waals surface area contributed by atoms with Crippen LogP contribution in [0.4, 0.5) is 8.78 Å². The number of hydrogen-bond acceptors (Lipinski definition) is 3. The predicted molar refractivity (Wildman–Crippen MR) is 134 cm³/mol. The molecule has 0 radical (unpaired) electrons. The van der Waals surface area contributed by atoms with Crippen LogP contribution in [-0.2, 0) is 19.3 Å². The molecule has 0 unspecified atom stereocenters. The molecule has 1 N–H and O–H groups in total. The number of benzene rings is 4. The lowest BCUT2D eigenvalue weighted by Crippen LogP contribution is -2.46. The molecule has 0 spiro atoms. The fraction of sp³-hybridized carbons (Fsp3) is 0.172. The van der Waals surface area contributed by atoms with Crippen LogP contribution in [0.5, 0.6) is 17.2 Å². The molecule has 4 aromatic carbocycles. The van der Waals surface area contributed by atoms with Gasteiger partial charge in [-0.1, -0.05) is 61.5 Å². The second-order valence-corrected chi connectivity index (χ2v) is 8.83. The number of aryl methyl sites for hydroxylation is 2. The smallest absolute Gasteiger partial charge is 0.521 e. The van der Waals surface area contributed by atoms with Gasteiger partial charge in [0.2, 0.25) is 0 Å². The summed E-state index contributed by atoms with van der Waals surface area (Å²) in [6, 6.07) is 20.7. The van der Waals surface area contributed by atoms with E-state index in [2.05, 4.69) is 0 Å². The highest BCUT2D eigenvalue weighted by molar-refractivity contribution is 6.63. The highest BCUT2D eigenvalue weighted by Crippen LogP contribution is 2.36. The van der Waals surface area contributed by atoms with Crippen molar-refractivity contribution in [1.82, 2.24) is 0 Å². The van der Waals surface area contributed by atoms with Crippen LogP contribution in [0.2, 0.25) is 0 Å². The van der Waals surface area contributed by atoms with Crippen molar-refractivity contribution < 1.29 is 23.2 Å². The highest BCUT2D eigenvalue weighted by atomic mass is 19.1. The number of aromatic hydroxyl groups is 1. The first kappa shape index (κ1) is 23.0. The van der Waals surface area contributed by atoms with E-state index in [9.17, 15) is 13.9 Å². The van der Waals surface area contributed by atoms with Crippen molar-refractivity contribution in [3.05, 3.63) is 118 Å². The molecule has 176 valence electrons. The van der Waals surface area contributed by atoms with Gasteiger partial charge in [0.25, 0.3) is 0 Å². The Kier molecular flexibility index (Phi) is 6.20. The molecule has 1 heterocycles. The molecule has 4 aromatic rings. The van der Waals surface area contributed by atoms with Crippen LogP contribution in [0.3, 0.4) is 0 Å². The summed E-state index contributed by atoms with van der Waals surface area (Å²) in [7, 11) is -1.19. The summed E-state index contributed by atoms with van der Waals surface area (Å²) in [5, 5.41) is 10.8. The van der Waals surface area contributed by atoms with E-state index < -0.39 is 18.8 Å². The molecule has 35 heavy (non-hydrogen) atoms. The Bertz CT molecular complexity index is 1400. The molecule has 0 aromatic heterocycles. The van der Waals surface area contributed by atoms with Gasteiger partial charge in [0.15, 0.2) is 0 Å². The summed E-state index contributed by atoms with van der Waals surface area (Å²) in [4.78, 5) is 0. The third kappa shape index (κ3) is 4.48. The molecule has 0 aliphatic carbocycles. The van der Waals surface area contributed by atoms with E-state index in [0.717, 1.165) is 51.6 Å². The second kappa shape index (κ2) is 9.45. The van der Waals surface area contributed by atoms with Crippen LogP contribution in [0, 0.1) is 18.6 Å².